The lowest BCUT2D eigenvalue weighted by molar-refractivity contribution is -0.135. The minimum atomic E-state index is -0.190. The predicted molar refractivity (Wildman–Crippen MR) is 120 cm³/mol. The van der Waals surface area contributed by atoms with E-state index in [0.29, 0.717) is 34.6 Å². The van der Waals surface area contributed by atoms with Gasteiger partial charge in [-0.15, -0.1) is 10.2 Å². The van der Waals surface area contributed by atoms with Crippen LogP contribution in [-0.4, -0.2) is 46.3 Å². The Bertz CT molecular complexity index is 938. The topological polar surface area (TPSA) is 93.7 Å². The van der Waals surface area contributed by atoms with Crippen LogP contribution in [0, 0.1) is 5.41 Å². The molecule has 2 amide bonds. The first kappa shape index (κ1) is 23.0. The van der Waals surface area contributed by atoms with E-state index in [1.165, 1.54) is 11.3 Å². The Kier molecular flexibility index (Phi) is 7.15. The molecule has 1 N–H and O–H groups in total. The van der Waals surface area contributed by atoms with Crippen molar-refractivity contribution in [2.24, 2.45) is 5.41 Å². The molecule has 1 aromatic carbocycles. The highest BCUT2D eigenvalue weighted by Crippen LogP contribution is 2.37. The molecule has 0 radical (unpaired) electrons. The number of hydrogen-bond donors (Lipinski definition) is 1. The fourth-order valence-corrected chi connectivity index (χ4v) is 3.95. The first-order chi connectivity index (χ1) is 14.7. The summed E-state index contributed by atoms with van der Waals surface area (Å²) in [4.78, 5) is 27.0. The number of aromatic nitrogens is 2. The minimum absolute atomic E-state index is 0.0793. The van der Waals surface area contributed by atoms with Gasteiger partial charge in [-0.05, 0) is 37.0 Å². The number of hydrogen-bond acceptors (Lipinski definition) is 7. The van der Waals surface area contributed by atoms with Gasteiger partial charge in [0.25, 0.3) is 0 Å². The summed E-state index contributed by atoms with van der Waals surface area (Å²) in [6, 6.07) is 5.64. The summed E-state index contributed by atoms with van der Waals surface area (Å²) in [6.07, 6.45) is 1.50. The van der Waals surface area contributed by atoms with Crippen LogP contribution in [0.5, 0.6) is 11.5 Å². The first-order valence-corrected chi connectivity index (χ1v) is 11.3. The summed E-state index contributed by atoms with van der Waals surface area (Å²) < 4.78 is 10.7. The van der Waals surface area contributed by atoms with Crippen LogP contribution >= 0.6 is 11.3 Å². The van der Waals surface area contributed by atoms with Gasteiger partial charge in [0.05, 0.1) is 0 Å². The summed E-state index contributed by atoms with van der Waals surface area (Å²) in [5, 5.41) is 12.1. The standard InChI is InChI=1S/C22H30N4O4S/c1-6-14(2)26(19(28)12-22(3,4)5)10-9-18(27)23-21-25-24-20(31-21)15-7-8-16-17(11-15)30-13-29-16/h7-8,11,14H,6,9-10,12-13H2,1-5H3,(H,23,25,27). The average Bonchev–Trinajstić information content (AvgIpc) is 3.35. The molecule has 1 atom stereocenters. The van der Waals surface area contributed by atoms with Crippen molar-refractivity contribution in [3.63, 3.8) is 0 Å². The Morgan fingerprint density at radius 2 is 1.97 bits per heavy atom. The molecule has 1 unspecified atom stereocenters. The van der Waals surface area contributed by atoms with Crippen molar-refractivity contribution in [2.75, 3.05) is 18.7 Å². The monoisotopic (exact) mass is 446 g/mol. The molecule has 31 heavy (non-hydrogen) atoms. The second kappa shape index (κ2) is 9.64. The molecule has 168 valence electrons. The van der Waals surface area contributed by atoms with Crippen LogP contribution in [0.4, 0.5) is 5.13 Å². The third kappa shape index (κ3) is 6.16. The lowest BCUT2D eigenvalue weighted by atomic mass is 9.91. The molecular weight excluding hydrogens is 416 g/mol. The smallest absolute Gasteiger partial charge is 0.231 e. The molecule has 3 rings (SSSR count). The molecule has 0 aliphatic carbocycles. The summed E-state index contributed by atoms with van der Waals surface area (Å²) in [7, 11) is 0. The number of carbonyl (C=O) groups excluding carboxylic acids is 2. The zero-order chi connectivity index (χ0) is 22.6. The highest BCUT2D eigenvalue weighted by atomic mass is 32.1. The molecule has 0 fully saturated rings. The van der Waals surface area contributed by atoms with Gasteiger partial charge in [0.1, 0.15) is 5.01 Å². The van der Waals surface area contributed by atoms with Crippen LogP contribution < -0.4 is 14.8 Å². The number of benzene rings is 1. The highest BCUT2D eigenvalue weighted by molar-refractivity contribution is 7.18. The number of carbonyl (C=O) groups is 2. The second-order valence-corrected chi connectivity index (χ2v) is 9.84. The Morgan fingerprint density at radius 3 is 2.68 bits per heavy atom. The molecule has 8 nitrogen and oxygen atoms in total. The van der Waals surface area contributed by atoms with E-state index in [1.54, 1.807) is 0 Å². The first-order valence-electron chi connectivity index (χ1n) is 10.5. The SMILES string of the molecule is CCC(C)N(CCC(=O)Nc1nnc(-c2ccc3c(c2)OCO3)s1)C(=O)CC(C)(C)C. The van der Waals surface area contributed by atoms with Crippen LogP contribution in [0.15, 0.2) is 18.2 Å². The number of anilines is 1. The Morgan fingerprint density at radius 1 is 1.23 bits per heavy atom. The molecule has 1 aliphatic rings. The molecule has 1 aromatic heterocycles. The zero-order valence-corrected chi connectivity index (χ0v) is 19.5. The molecule has 2 heterocycles. The van der Waals surface area contributed by atoms with E-state index in [-0.39, 0.29) is 36.5 Å². The molecule has 1 aliphatic heterocycles. The third-order valence-corrected chi connectivity index (χ3v) is 5.88. The van der Waals surface area contributed by atoms with Crippen molar-refractivity contribution in [2.45, 2.75) is 59.9 Å². The van der Waals surface area contributed by atoms with Gasteiger partial charge in [-0.3, -0.25) is 9.59 Å². The Hall–Kier alpha value is -2.68. The fraction of sp³-hybridized carbons (Fsp3) is 0.545. The summed E-state index contributed by atoms with van der Waals surface area (Å²) >= 11 is 1.29. The van der Waals surface area contributed by atoms with Gasteiger partial charge in [0.2, 0.25) is 23.7 Å². The van der Waals surface area contributed by atoms with Gasteiger partial charge in [0, 0.05) is 31.0 Å². The summed E-state index contributed by atoms with van der Waals surface area (Å²) in [5.74, 6) is 1.26. The lowest BCUT2D eigenvalue weighted by Gasteiger charge is -2.31. The largest absolute Gasteiger partial charge is 0.454 e. The number of rotatable bonds is 8. The van der Waals surface area contributed by atoms with Gasteiger partial charge in [-0.25, -0.2) is 0 Å². The van der Waals surface area contributed by atoms with Gasteiger partial charge in [-0.2, -0.15) is 0 Å². The molecule has 0 saturated heterocycles. The Balaban J connectivity index is 1.58. The van der Waals surface area contributed by atoms with Gasteiger partial charge in [0.15, 0.2) is 11.5 Å². The van der Waals surface area contributed by atoms with E-state index < -0.39 is 0 Å². The fourth-order valence-electron chi connectivity index (χ4n) is 3.19. The van der Waals surface area contributed by atoms with E-state index in [4.69, 9.17) is 9.47 Å². The summed E-state index contributed by atoms with van der Waals surface area (Å²) in [5.41, 5.74) is 0.751. The quantitative estimate of drug-likeness (QED) is 0.649. The zero-order valence-electron chi connectivity index (χ0n) is 18.7. The van der Waals surface area contributed by atoms with E-state index >= 15 is 0 Å². The van der Waals surface area contributed by atoms with Crippen molar-refractivity contribution < 1.29 is 19.1 Å². The van der Waals surface area contributed by atoms with Crippen molar-refractivity contribution in [1.82, 2.24) is 15.1 Å². The van der Waals surface area contributed by atoms with Crippen LogP contribution in [0.3, 0.4) is 0 Å². The predicted octanol–water partition coefficient (Wildman–Crippen LogP) is 4.33. The van der Waals surface area contributed by atoms with Gasteiger partial charge >= 0.3 is 0 Å². The Labute approximate surface area is 186 Å². The summed E-state index contributed by atoms with van der Waals surface area (Å²) in [6.45, 7) is 10.8. The molecule has 0 spiro atoms. The lowest BCUT2D eigenvalue weighted by Crippen LogP contribution is -2.41. The number of ether oxygens (including phenoxy) is 2. The van der Waals surface area contributed by atoms with Crippen LogP contribution in [0.1, 0.15) is 53.9 Å². The highest BCUT2D eigenvalue weighted by Gasteiger charge is 2.25. The van der Waals surface area contributed by atoms with E-state index in [2.05, 4.69) is 15.5 Å². The molecule has 0 bridgehead atoms. The maximum Gasteiger partial charge on any atom is 0.231 e. The second-order valence-electron chi connectivity index (χ2n) is 8.86. The number of fused-ring (bicyclic) bond motifs is 1. The van der Waals surface area contributed by atoms with Crippen molar-refractivity contribution >= 4 is 28.3 Å². The van der Waals surface area contributed by atoms with E-state index in [0.717, 1.165) is 12.0 Å². The average molecular weight is 447 g/mol. The van der Waals surface area contributed by atoms with Crippen molar-refractivity contribution in [3.8, 4) is 22.1 Å². The number of amides is 2. The molecule has 9 heteroatoms. The maximum atomic E-state index is 12.7. The number of nitrogens with zero attached hydrogens (tertiary/aromatic N) is 3. The molecule has 0 saturated carbocycles. The third-order valence-electron chi connectivity index (χ3n) is 5.00. The molecular formula is C22H30N4O4S. The van der Waals surface area contributed by atoms with Crippen molar-refractivity contribution in [3.05, 3.63) is 18.2 Å². The van der Waals surface area contributed by atoms with Crippen LogP contribution in [0.25, 0.3) is 10.6 Å². The molecule has 2 aromatic rings. The van der Waals surface area contributed by atoms with Crippen molar-refractivity contribution in [1.29, 1.82) is 0 Å². The van der Waals surface area contributed by atoms with Gasteiger partial charge in [-0.1, -0.05) is 39.0 Å². The maximum absolute atomic E-state index is 12.7. The van der Waals surface area contributed by atoms with E-state index in [9.17, 15) is 9.59 Å². The van der Waals surface area contributed by atoms with E-state index in [1.807, 2.05) is 57.7 Å². The number of nitrogens with one attached hydrogen (secondary N) is 1. The van der Waals surface area contributed by atoms with Gasteiger partial charge < -0.3 is 19.7 Å². The van der Waals surface area contributed by atoms with Crippen LogP contribution in [-0.2, 0) is 9.59 Å². The normalized spacial score (nSPS) is 13.7. The van der Waals surface area contributed by atoms with Crippen LogP contribution in [0.2, 0.25) is 0 Å². The minimum Gasteiger partial charge on any atom is -0.454 e.